The molecule has 0 aliphatic heterocycles. The summed E-state index contributed by atoms with van der Waals surface area (Å²) < 4.78 is 0. The minimum atomic E-state index is -0.538. The van der Waals surface area contributed by atoms with Gasteiger partial charge in [-0.05, 0) is 24.5 Å². The van der Waals surface area contributed by atoms with Crippen LogP contribution in [0, 0.1) is 5.92 Å². The smallest absolute Gasteiger partial charge is 0.242 e. The van der Waals surface area contributed by atoms with Crippen molar-refractivity contribution in [2.75, 3.05) is 6.54 Å². The Bertz CT molecular complexity index is 556. The summed E-state index contributed by atoms with van der Waals surface area (Å²) in [5.41, 5.74) is 0.665. The standard InChI is InChI=1S/C18H26Cl2N2O2/c1-5-16(18(24)21-10-12(3)4)22(17(23)6-2)11-13-14(19)8-7-9-15(13)20/h7-9,12,16H,5-6,10-11H2,1-4H3,(H,21,24)/t16-/m1/s1. The lowest BCUT2D eigenvalue weighted by molar-refractivity contribution is -0.141. The van der Waals surface area contributed by atoms with Crippen LogP contribution < -0.4 is 5.32 Å². The molecule has 0 aromatic heterocycles. The van der Waals surface area contributed by atoms with E-state index in [1.54, 1.807) is 30.0 Å². The normalized spacial score (nSPS) is 12.1. The largest absolute Gasteiger partial charge is 0.354 e. The Morgan fingerprint density at radius 1 is 1.17 bits per heavy atom. The lowest BCUT2D eigenvalue weighted by Gasteiger charge is -2.31. The molecule has 24 heavy (non-hydrogen) atoms. The number of nitrogens with one attached hydrogen (secondary N) is 1. The molecule has 6 heteroatoms. The van der Waals surface area contributed by atoms with E-state index >= 15 is 0 Å². The summed E-state index contributed by atoms with van der Waals surface area (Å²) in [4.78, 5) is 26.5. The van der Waals surface area contributed by atoms with Gasteiger partial charge in [0.2, 0.25) is 11.8 Å². The first kappa shape index (κ1) is 20.8. The average Bonchev–Trinajstić information content (AvgIpc) is 2.54. The van der Waals surface area contributed by atoms with Gasteiger partial charge in [-0.3, -0.25) is 9.59 Å². The highest BCUT2D eigenvalue weighted by molar-refractivity contribution is 6.36. The average molecular weight is 373 g/mol. The third kappa shape index (κ3) is 5.67. The molecule has 1 rings (SSSR count). The van der Waals surface area contributed by atoms with Gasteiger partial charge in [-0.15, -0.1) is 0 Å². The number of amides is 2. The Morgan fingerprint density at radius 2 is 1.75 bits per heavy atom. The monoisotopic (exact) mass is 372 g/mol. The molecular weight excluding hydrogens is 347 g/mol. The van der Waals surface area contributed by atoms with E-state index in [0.29, 0.717) is 40.9 Å². The van der Waals surface area contributed by atoms with E-state index in [1.807, 2.05) is 20.8 Å². The molecule has 0 aliphatic rings. The molecule has 0 unspecified atom stereocenters. The first-order chi connectivity index (χ1) is 11.3. The molecule has 0 aliphatic carbocycles. The van der Waals surface area contributed by atoms with Crippen LogP contribution >= 0.6 is 23.2 Å². The predicted octanol–water partition coefficient (Wildman–Crippen LogP) is 4.28. The molecule has 0 fully saturated rings. The SMILES string of the molecule is CCC(=O)N(Cc1c(Cl)cccc1Cl)[C@H](CC)C(=O)NCC(C)C. The molecule has 0 bridgehead atoms. The molecule has 134 valence electrons. The fraction of sp³-hybridized carbons (Fsp3) is 0.556. The minimum absolute atomic E-state index is 0.0995. The van der Waals surface area contributed by atoms with Crippen LogP contribution in [0.25, 0.3) is 0 Å². The van der Waals surface area contributed by atoms with E-state index in [4.69, 9.17) is 23.2 Å². The second kappa shape index (κ2) is 9.90. The minimum Gasteiger partial charge on any atom is -0.354 e. The maximum Gasteiger partial charge on any atom is 0.242 e. The maximum absolute atomic E-state index is 12.5. The van der Waals surface area contributed by atoms with E-state index < -0.39 is 6.04 Å². The van der Waals surface area contributed by atoms with Crippen LogP contribution in [0.1, 0.15) is 46.1 Å². The van der Waals surface area contributed by atoms with Gasteiger partial charge < -0.3 is 10.2 Å². The van der Waals surface area contributed by atoms with Crippen LogP contribution in [0.3, 0.4) is 0 Å². The molecule has 0 radical (unpaired) electrons. The van der Waals surface area contributed by atoms with Gasteiger partial charge in [-0.25, -0.2) is 0 Å². The van der Waals surface area contributed by atoms with Gasteiger partial charge in [0.1, 0.15) is 6.04 Å². The number of nitrogens with zero attached hydrogens (tertiary/aromatic N) is 1. The number of carbonyl (C=O) groups is 2. The molecule has 4 nitrogen and oxygen atoms in total. The van der Waals surface area contributed by atoms with E-state index in [1.165, 1.54) is 0 Å². The first-order valence-electron chi connectivity index (χ1n) is 8.31. The van der Waals surface area contributed by atoms with Crippen molar-refractivity contribution in [1.29, 1.82) is 0 Å². The predicted molar refractivity (Wildman–Crippen MR) is 99.2 cm³/mol. The van der Waals surface area contributed by atoms with Crippen molar-refractivity contribution in [2.45, 2.75) is 53.1 Å². The van der Waals surface area contributed by atoms with Gasteiger partial charge >= 0.3 is 0 Å². The molecule has 1 aromatic carbocycles. The second-order valence-corrected chi connectivity index (χ2v) is 6.95. The Labute approximate surface area is 154 Å². The first-order valence-corrected chi connectivity index (χ1v) is 9.07. The Hall–Kier alpha value is -1.26. The van der Waals surface area contributed by atoms with Crippen molar-refractivity contribution >= 4 is 35.0 Å². The summed E-state index contributed by atoms with van der Waals surface area (Å²) in [6.07, 6.45) is 0.841. The van der Waals surface area contributed by atoms with Crippen molar-refractivity contribution in [3.8, 4) is 0 Å². The summed E-state index contributed by atoms with van der Waals surface area (Å²) in [7, 11) is 0. The van der Waals surface area contributed by atoms with Crippen LogP contribution in [-0.2, 0) is 16.1 Å². The van der Waals surface area contributed by atoms with Crippen LogP contribution in [-0.4, -0.2) is 29.3 Å². The molecule has 0 saturated carbocycles. The summed E-state index contributed by atoms with van der Waals surface area (Å²) in [6.45, 7) is 8.53. The number of benzene rings is 1. The topological polar surface area (TPSA) is 49.4 Å². The van der Waals surface area contributed by atoms with Gasteiger partial charge in [-0.1, -0.05) is 57.0 Å². The molecule has 0 saturated heterocycles. The molecule has 1 atom stereocenters. The summed E-state index contributed by atoms with van der Waals surface area (Å²) in [5.74, 6) is 0.105. The van der Waals surface area contributed by atoms with E-state index in [0.717, 1.165) is 0 Å². The Morgan fingerprint density at radius 3 is 2.21 bits per heavy atom. The highest BCUT2D eigenvalue weighted by Crippen LogP contribution is 2.27. The quantitative estimate of drug-likeness (QED) is 0.739. The van der Waals surface area contributed by atoms with Gasteiger partial charge in [0.05, 0.1) is 0 Å². The van der Waals surface area contributed by atoms with Crippen molar-refractivity contribution in [3.63, 3.8) is 0 Å². The molecular formula is C18H26Cl2N2O2. The van der Waals surface area contributed by atoms with Crippen LogP contribution in [0.2, 0.25) is 10.0 Å². The van der Waals surface area contributed by atoms with Gasteiger partial charge in [0.25, 0.3) is 0 Å². The van der Waals surface area contributed by atoms with E-state index in [9.17, 15) is 9.59 Å². The van der Waals surface area contributed by atoms with Crippen LogP contribution in [0.4, 0.5) is 0 Å². The van der Waals surface area contributed by atoms with E-state index in [-0.39, 0.29) is 18.4 Å². The molecule has 1 N–H and O–H groups in total. The zero-order valence-corrected chi connectivity index (χ0v) is 16.2. The fourth-order valence-electron chi connectivity index (χ4n) is 2.40. The third-order valence-electron chi connectivity index (χ3n) is 3.76. The van der Waals surface area contributed by atoms with Gasteiger partial charge in [-0.2, -0.15) is 0 Å². The Balaban J connectivity index is 3.06. The van der Waals surface area contributed by atoms with Crippen LogP contribution in [0.15, 0.2) is 18.2 Å². The second-order valence-electron chi connectivity index (χ2n) is 6.14. The maximum atomic E-state index is 12.5. The van der Waals surface area contributed by atoms with Crippen molar-refractivity contribution < 1.29 is 9.59 Å². The lowest BCUT2D eigenvalue weighted by Crippen LogP contribution is -2.49. The van der Waals surface area contributed by atoms with Crippen molar-refractivity contribution in [2.24, 2.45) is 5.92 Å². The highest BCUT2D eigenvalue weighted by Gasteiger charge is 2.28. The summed E-state index contributed by atoms with van der Waals surface area (Å²) in [5, 5.41) is 3.90. The third-order valence-corrected chi connectivity index (χ3v) is 4.47. The lowest BCUT2D eigenvalue weighted by atomic mass is 10.1. The highest BCUT2D eigenvalue weighted by atomic mass is 35.5. The molecule has 0 heterocycles. The number of rotatable bonds is 8. The van der Waals surface area contributed by atoms with Crippen LogP contribution in [0.5, 0.6) is 0 Å². The summed E-state index contributed by atoms with van der Waals surface area (Å²) >= 11 is 12.5. The van der Waals surface area contributed by atoms with E-state index in [2.05, 4.69) is 5.32 Å². The Kier molecular flexibility index (Phi) is 8.57. The molecule has 0 spiro atoms. The number of carbonyl (C=O) groups excluding carboxylic acids is 2. The molecule has 1 aromatic rings. The van der Waals surface area contributed by atoms with Crippen molar-refractivity contribution in [1.82, 2.24) is 10.2 Å². The fourth-order valence-corrected chi connectivity index (χ4v) is 2.92. The summed E-state index contributed by atoms with van der Waals surface area (Å²) in [6, 6.07) is 4.68. The number of halogens is 2. The van der Waals surface area contributed by atoms with Gasteiger partial charge in [0.15, 0.2) is 0 Å². The molecule has 2 amide bonds. The van der Waals surface area contributed by atoms with Crippen molar-refractivity contribution in [3.05, 3.63) is 33.8 Å². The number of hydrogen-bond acceptors (Lipinski definition) is 2. The van der Waals surface area contributed by atoms with Gasteiger partial charge in [0, 0.05) is 35.1 Å². The zero-order valence-electron chi connectivity index (χ0n) is 14.7. The number of hydrogen-bond donors (Lipinski definition) is 1. The zero-order chi connectivity index (χ0) is 18.3.